The number of ether oxygens (including phenoxy) is 1. The van der Waals surface area contributed by atoms with E-state index in [0.717, 1.165) is 46.9 Å². The minimum Gasteiger partial charge on any atom is -0.494 e. The molecule has 0 N–H and O–H groups in total. The Morgan fingerprint density at radius 3 is 2.60 bits per heavy atom. The number of likely N-dealkylation sites (N-methyl/N-ethyl adjacent to an activating group) is 1. The van der Waals surface area contributed by atoms with Crippen LogP contribution in [0.1, 0.15) is 22.9 Å². The fraction of sp³-hybridized carbons (Fsp3) is 0.280. The molecule has 0 saturated carbocycles. The summed E-state index contributed by atoms with van der Waals surface area (Å²) in [6, 6.07) is 13.9. The fourth-order valence-corrected chi connectivity index (χ4v) is 6.51. The molecule has 0 amide bonds. The number of nitro benzene ring substituents is 1. The van der Waals surface area contributed by atoms with E-state index in [1.807, 2.05) is 31.2 Å². The van der Waals surface area contributed by atoms with Crippen LogP contribution in [0.2, 0.25) is 0 Å². The maximum absolute atomic E-state index is 13.9. The molecule has 0 aliphatic carbocycles. The molecule has 0 spiro atoms. The Morgan fingerprint density at radius 1 is 1.17 bits per heavy atom. The highest BCUT2D eigenvalue weighted by molar-refractivity contribution is 7.98. The number of fused-ring (bicyclic) bond motifs is 3. The first-order valence-corrected chi connectivity index (χ1v) is 13.1. The Morgan fingerprint density at radius 2 is 1.91 bits per heavy atom. The second kappa shape index (κ2) is 9.80. The lowest BCUT2D eigenvalue weighted by molar-refractivity contribution is -0.384. The zero-order valence-corrected chi connectivity index (χ0v) is 21.0. The van der Waals surface area contributed by atoms with Crippen LogP contribution in [0.3, 0.4) is 0 Å². The van der Waals surface area contributed by atoms with E-state index in [0.29, 0.717) is 22.9 Å². The Labute approximate surface area is 210 Å². The number of hydrogen-bond donors (Lipinski definition) is 0. The summed E-state index contributed by atoms with van der Waals surface area (Å²) in [4.78, 5) is 33.6. The van der Waals surface area contributed by atoms with E-state index in [9.17, 15) is 14.9 Å². The van der Waals surface area contributed by atoms with E-state index >= 15 is 0 Å². The fourth-order valence-electron chi connectivity index (χ4n) is 4.20. The maximum Gasteiger partial charge on any atom is 0.269 e. The van der Waals surface area contributed by atoms with Gasteiger partial charge in [0.15, 0.2) is 5.16 Å². The number of nitro groups is 1. The molecule has 4 aromatic rings. The van der Waals surface area contributed by atoms with E-state index in [-0.39, 0.29) is 11.2 Å². The van der Waals surface area contributed by atoms with E-state index < -0.39 is 4.92 Å². The summed E-state index contributed by atoms with van der Waals surface area (Å²) in [5, 5.41) is 12.3. The Hall–Kier alpha value is -3.21. The predicted octanol–water partition coefficient (Wildman–Crippen LogP) is 5.03. The summed E-state index contributed by atoms with van der Waals surface area (Å²) in [5.74, 6) is 1.27. The molecule has 1 aliphatic rings. The monoisotopic (exact) mass is 508 g/mol. The summed E-state index contributed by atoms with van der Waals surface area (Å²) >= 11 is 3.04. The lowest BCUT2D eigenvalue weighted by Crippen LogP contribution is -2.27. The first-order chi connectivity index (χ1) is 16.9. The van der Waals surface area contributed by atoms with Crippen LogP contribution in [0.15, 0.2) is 58.5 Å². The first kappa shape index (κ1) is 23.5. The summed E-state index contributed by atoms with van der Waals surface area (Å²) < 4.78 is 7.25. The molecule has 0 bridgehead atoms. The van der Waals surface area contributed by atoms with Gasteiger partial charge in [-0.15, -0.1) is 11.3 Å². The lowest BCUT2D eigenvalue weighted by atomic mass is 10.1. The van der Waals surface area contributed by atoms with Crippen LogP contribution in [0.4, 0.5) is 5.69 Å². The molecule has 8 nitrogen and oxygen atoms in total. The van der Waals surface area contributed by atoms with Gasteiger partial charge < -0.3 is 9.64 Å². The predicted molar refractivity (Wildman–Crippen MR) is 139 cm³/mol. The van der Waals surface area contributed by atoms with Crippen molar-refractivity contribution in [2.45, 2.75) is 30.8 Å². The van der Waals surface area contributed by atoms with Crippen LogP contribution in [-0.2, 0) is 18.7 Å². The molecule has 180 valence electrons. The second-order valence-corrected chi connectivity index (χ2v) is 10.4. The van der Waals surface area contributed by atoms with Gasteiger partial charge in [-0.05, 0) is 55.8 Å². The van der Waals surface area contributed by atoms with Crippen LogP contribution in [0.5, 0.6) is 5.75 Å². The van der Waals surface area contributed by atoms with Crippen molar-refractivity contribution in [3.05, 3.63) is 85.0 Å². The molecule has 0 fully saturated rings. The molecule has 2 aromatic heterocycles. The average Bonchev–Trinajstić information content (AvgIpc) is 3.21. The number of hydrogen-bond acceptors (Lipinski definition) is 8. The smallest absolute Gasteiger partial charge is 0.269 e. The largest absolute Gasteiger partial charge is 0.494 e. The van der Waals surface area contributed by atoms with Crippen LogP contribution in [0, 0.1) is 10.1 Å². The van der Waals surface area contributed by atoms with E-state index in [1.165, 1.54) is 28.8 Å². The number of non-ortho nitro benzene ring substituents is 1. The summed E-state index contributed by atoms with van der Waals surface area (Å²) in [5.41, 5.74) is 2.76. The standard InChI is InChI=1S/C25H24N4O4S2/c1-3-33-19-10-8-17(9-11-19)28-24(30)22-20-12-13-27(2)14-21(20)35-23(22)26-25(28)34-15-16-4-6-18(7-5-16)29(31)32/h4-11H,3,12-15H2,1-2H3. The van der Waals surface area contributed by atoms with Gasteiger partial charge in [-0.1, -0.05) is 23.9 Å². The highest BCUT2D eigenvalue weighted by Gasteiger charge is 2.24. The molecule has 35 heavy (non-hydrogen) atoms. The first-order valence-electron chi connectivity index (χ1n) is 11.3. The van der Waals surface area contributed by atoms with E-state index in [1.54, 1.807) is 28.0 Å². The van der Waals surface area contributed by atoms with Crippen LogP contribution < -0.4 is 10.3 Å². The third-order valence-corrected chi connectivity index (χ3v) is 8.08. The van der Waals surface area contributed by atoms with Crippen LogP contribution in [-0.4, -0.2) is 39.6 Å². The van der Waals surface area contributed by atoms with Crippen LogP contribution >= 0.6 is 23.1 Å². The van der Waals surface area contributed by atoms with Gasteiger partial charge in [-0.2, -0.15) is 0 Å². The van der Waals surface area contributed by atoms with Crippen molar-refractivity contribution in [2.75, 3.05) is 20.2 Å². The normalized spacial score (nSPS) is 13.7. The highest BCUT2D eigenvalue weighted by atomic mass is 32.2. The number of rotatable bonds is 7. The van der Waals surface area contributed by atoms with Crippen LogP contribution in [0.25, 0.3) is 15.9 Å². The van der Waals surface area contributed by atoms with E-state index in [4.69, 9.17) is 9.72 Å². The average molecular weight is 509 g/mol. The summed E-state index contributed by atoms with van der Waals surface area (Å²) in [7, 11) is 2.09. The van der Waals surface area contributed by atoms with Crippen molar-refractivity contribution in [3.63, 3.8) is 0 Å². The molecule has 2 aromatic carbocycles. The molecular formula is C25H24N4O4S2. The Kier molecular flexibility index (Phi) is 6.59. The van der Waals surface area contributed by atoms with Gasteiger partial charge in [-0.3, -0.25) is 19.5 Å². The molecular weight excluding hydrogens is 484 g/mol. The highest BCUT2D eigenvalue weighted by Crippen LogP contribution is 2.34. The van der Waals surface area contributed by atoms with Gasteiger partial charge in [0.2, 0.25) is 0 Å². The van der Waals surface area contributed by atoms with Crippen molar-refractivity contribution < 1.29 is 9.66 Å². The van der Waals surface area contributed by atoms with Crippen molar-refractivity contribution in [2.24, 2.45) is 0 Å². The van der Waals surface area contributed by atoms with Gasteiger partial charge in [0, 0.05) is 35.9 Å². The van der Waals surface area contributed by atoms with Gasteiger partial charge in [-0.25, -0.2) is 4.98 Å². The Bertz CT molecular complexity index is 1450. The summed E-state index contributed by atoms with van der Waals surface area (Å²) in [6.45, 7) is 4.24. The third-order valence-electron chi connectivity index (χ3n) is 5.96. The van der Waals surface area contributed by atoms with Gasteiger partial charge in [0.1, 0.15) is 10.6 Å². The number of aromatic nitrogens is 2. The summed E-state index contributed by atoms with van der Waals surface area (Å²) in [6.07, 6.45) is 0.835. The van der Waals surface area contributed by atoms with Gasteiger partial charge in [0.05, 0.1) is 22.6 Å². The van der Waals surface area contributed by atoms with Crippen molar-refractivity contribution in [1.29, 1.82) is 0 Å². The third kappa shape index (κ3) is 4.69. The minimum atomic E-state index is -0.411. The topological polar surface area (TPSA) is 90.5 Å². The molecule has 3 heterocycles. The zero-order valence-electron chi connectivity index (χ0n) is 19.4. The number of benzene rings is 2. The van der Waals surface area contributed by atoms with E-state index in [2.05, 4.69) is 11.9 Å². The Balaban J connectivity index is 1.58. The molecule has 0 atom stereocenters. The van der Waals surface area contributed by atoms with Crippen molar-refractivity contribution in [3.8, 4) is 11.4 Å². The quantitative estimate of drug-likeness (QED) is 0.150. The number of thioether (sulfide) groups is 1. The van der Waals surface area contributed by atoms with Gasteiger partial charge in [0.25, 0.3) is 11.2 Å². The molecule has 0 unspecified atom stereocenters. The van der Waals surface area contributed by atoms with Crippen molar-refractivity contribution >= 4 is 39.0 Å². The second-order valence-electron chi connectivity index (χ2n) is 8.35. The lowest BCUT2D eigenvalue weighted by Gasteiger charge is -2.21. The van der Waals surface area contributed by atoms with Crippen molar-refractivity contribution in [1.82, 2.24) is 14.5 Å². The molecule has 1 aliphatic heterocycles. The van der Waals surface area contributed by atoms with Gasteiger partial charge >= 0.3 is 0 Å². The SMILES string of the molecule is CCOc1ccc(-n2c(SCc3ccc([N+](=O)[O-])cc3)nc3sc4c(c3c2=O)CCN(C)C4)cc1. The molecule has 0 radical (unpaired) electrons. The minimum absolute atomic E-state index is 0.0544. The maximum atomic E-state index is 13.9. The number of nitrogens with zero attached hydrogens (tertiary/aromatic N) is 4. The molecule has 5 rings (SSSR count). The number of thiophene rings is 1. The zero-order chi connectivity index (χ0) is 24.5. The molecule has 10 heteroatoms. The molecule has 0 saturated heterocycles.